The Morgan fingerprint density at radius 2 is 1.81 bits per heavy atom. The summed E-state index contributed by atoms with van der Waals surface area (Å²) in [5, 5.41) is 12.7. The van der Waals surface area contributed by atoms with Crippen molar-refractivity contribution in [2.24, 2.45) is 0 Å². The van der Waals surface area contributed by atoms with Gasteiger partial charge in [-0.2, -0.15) is 5.26 Å². The number of rotatable bonds is 6. The first-order valence-corrected chi connectivity index (χ1v) is 9.29. The fraction of sp³-hybridized carbons (Fsp3) is 0.364. The summed E-state index contributed by atoms with van der Waals surface area (Å²) in [5.74, 6) is 0.630. The van der Waals surface area contributed by atoms with Gasteiger partial charge in [-0.15, -0.1) is 0 Å². The average molecular weight is 363 g/mol. The molecule has 0 bridgehead atoms. The summed E-state index contributed by atoms with van der Waals surface area (Å²) >= 11 is 0. The van der Waals surface area contributed by atoms with E-state index < -0.39 is 5.41 Å². The Labute approximate surface area is 160 Å². The number of benzene rings is 2. The lowest BCUT2D eigenvalue weighted by Crippen LogP contribution is -2.42. The number of carbonyl (C=O) groups excluding carboxylic acids is 1. The van der Waals surface area contributed by atoms with E-state index >= 15 is 0 Å². The lowest BCUT2D eigenvalue weighted by molar-refractivity contribution is -0.116. The quantitative estimate of drug-likeness (QED) is 0.852. The van der Waals surface area contributed by atoms with Gasteiger partial charge in [0.05, 0.1) is 24.3 Å². The Hall–Kier alpha value is -2.84. The third-order valence-electron chi connectivity index (χ3n) is 5.29. The van der Waals surface area contributed by atoms with Crippen molar-refractivity contribution in [2.75, 3.05) is 32.1 Å². The molecule has 0 saturated carbocycles. The molecule has 0 unspecified atom stereocenters. The van der Waals surface area contributed by atoms with Gasteiger partial charge in [0.1, 0.15) is 5.75 Å². The average Bonchev–Trinajstić information content (AvgIpc) is 2.73. The summed E-state index contributed by atoms with van der Waals surface area (Å²) in [6, 6.07) is 20.0. The molecule has 2 aromatic rings. The first kappa shape index (κ1) is 18.9. The molecular formula is C22H25N3O2. The smallest absolute Gasteiger partial charge is 0.225 e. The fourth-order valence-corrected chi connectivity index (χ4v) is 3.60. The van der Waals surface area contributed by atoms with E-state index in [1.54, 1.807) is 7.11 Å². The second-order valence-corrected chi connectivity index (χ2v) is 6.90. The van der Waals surface area contributed by atoms with Crippen LogP contribution in [0.5, 0.6) is 5.75 Å². The highest BCUT2D eigenvalue weighted by Gasteiger charge is 2.36. The minimum atomic E-state index is -0.405. The van der Waals surface area contributed by atoms with E-state index in [1.165, 1.54) is 0 Å². The van der Waals surface area contributed by atoms with Crippen LogP contribution in [-0.2, 0) is 10.2 Å². The van der Waals surface area contributed by atoms with E-state index in [0.29, 0.717) is 24.4 Å². The van der Waals surface area contributed by atoms with Crippen LogP contribution in [0.1, 0.15) is 24.8 Å². The molecule has 140 valence electrons. The first-order valence-electron chi connectivity index (χ1n) is 9.29. The van der Waals surface area contributed by atoms with Gasteiger partial charge in [-0.3, -0.25) is 4.79 Å². The molecule has 1 aliphatic heterocycles. The van der Waals surface area contributed by atoms with Gasteiger partial charge in [0.15, 0.2) is 0 Å². The number of amides is 1. The van der Waals surface area contributed by atoms with Crippen LogP contribution in [-0.4, -0.2) is 37.6 Å². The summed E-state index contributed by atoms with van der Waals surface area (Å²) in [5.41, 5.74) is 1.38. The summed E-state index contributed by atoms with van der Waals surface area (Å²) < 4.78 is 5.26. The van der Waals surface area contributed by atoms with Crippen molar-refractivity contribution in [2.45, 2.75) is 24.7 Å². The molecule has 0 aliphatic carbocycles. The van der Waals surface area contributed by atoms with Crippen molar-refractivity contribution in [3.63, 3.8) is 0 Å². The van der Waals surface area contributed by atoms with Crippen LogP contribution in [0.4, 0.5) is 5.69 Å². The molecule has 1 heterocycles. The minimum Gasteiger partial charge on any atom is -0.495 e. The van der Waals surface area contributed by atoms with Crippen molar-refractivity contribution in [1.82, 2.24) is 4.90 Å². The van der Waals surface area contributed by atoms with Gasteiger partial charge >= 0.3 is 0 Å². The molecule has 0 spiro atoms. The Balaban J connectivity index is 1.51. The number of para-hydroxylation sites is 2. The molecule has 1 fully saturated rings. The molecule has 5 heteroatoms. The molecule has 2 aromatic carbocycles. The number of likely N-dealkylation sites (tertiary alicyclic amines) is 1. The molecule has 1 N–H and O–H groups in total. The van der Waals surface area contributed by atoms with Gasteiger partial charge in [0, 0.05) is 13.0 Å². The number of carbonyl (C=O) groups is 1. The van der Waals surface area contributed by atoms with Crippen molar-refractivity contribution in [3.05, 3.63) is 60.2 Å². The predicted octanol–water partition coefficient (Wildman–Crippen LogP) is 3.58. The van der Waals surface area contributed by atoms with E-state index in [-0.39, 0.29) is 5.91 Å². The Kier molecular flexibility index (Phi) is 6.10. The van der Waals surface area contributed by atoms with Crippen LogP contribution in [0.2, 0.25) is 0 Å². The number of piperidine rings is 1. The maximum absolute atomic E-state index is 12.3. The Bertz CT molecular complexity index is 806. The van der Waals surface area contributed by atoms with Crippen molar-refractivity contribution in [1.29, 1.82) is 5.26 Å². The lowest BCUT2D eigenvalue weighted by atomic mass is 9.74. The van der Waals surface area contributed by atoms with Crippen molar-refractivity contribution >= 4 is 11.6 Å². The van der Waals surface area contributed by atoms with Crippen LogP contribution in [0.3, 0.4) is 0 Å². The molecule has 3 rings (SSSR count). The lowest BCUT2D eigenvalue weighted by Gasteiger charge is -2.37. The highest BCUT2D eigenvalue weighted by Crippen LogP contribution is 2.34. The summed E-state index contributed by atoms with van der Waals surface area (Å²) in [6.45, 7) is 2.34. The Morgan fingerprint density at radius 3 is 2.48 bits per heavy atom. The number of hydrogen-bond donors (Lipinski definition) is 1. The van der Waals surface area contributed by atoms with Crippen LogP contribution >= 0.6 is 0 Å². The van der Waals surface area contributed by atoms with Crippen LogP contribution in [0.15, 0.2) is 54.6 Å². The topological polar surface area (TPSA) is 65.4 Å². The monoisotopic (exact) mass is 363 g/mol. The molecule has 27 heavy (non-hydrogen) atoms. The first-order chi connectivity index (χ1) is 13.2. The minimum absolute atomic E-state index is 0.0281. The molecule has 5 nitrogen and oxygen atoms in total. The number of nitrogens with one attached hydrogen (secondary N) is 1. The van der Waals surface area contributed by atoms with Gasteiger partial charge in [-0.25, -0.2) is 0 Å². The van der Waals surface area contributed by atoms with Gasteiger partial charge < -0.3 is 15.0 Å². The standard InChI is InChI=1S/C22H25N3O2/c1-27-20-10-6-5-9-19(20)24-21(26)11-14-25-15-12-22(17-23,13-16-25)18-7-3-2-4-8-18/h2-10H,11-16H2,1H3,(H,24,26). The number of hydrogen-bond acceptors (Lipinski definition) is 4. The Morgan fingerprint density at radius 1 is 1.15 bits per heavy atom. The van der Waals surface area contributed by atoms with E-state index in [1.807, 2.05) is 54.6 Å². The highest BCUT2D eigenvalue weighted by molar-refractivity contribution is 5.92. The number of ether oxygens (including phenoxy) is 1. The van der Waals surface area contributed by atoms with Crippen LogP contribution in [0.25, 0.3) is 0 Å². The zero-order valence-corrected chi connectivity index (χ0v) is 15.6. The maximum atomic E-state index is 12.3. The third-order valence-corrected chi connectivity index (χ3v) is 5.29. The molecule has 1 aliphatic rings. The zero-order chi connectivity index (χ0) is 19.1. The number of nitriles is 1. The normalized spacial score (nSPS) is 16.3. The van der Waals surface area contributed by atoms with Crippen molar-refractivity contribution < 1.29 is 9.53 Å². The van der Waals surface area contributed by atoms with E-state index in [2.05, 4.69) is 16.3 Å². The molecule has 0 radical (unpaired) electrons. The molecule has 0 atom stereocenters. The predicted molar refractivity (Wildman–Crippen MR) is 106 cm³/mol. The summed E-state index contributed by atoms with van der Waals surface area (Å²) in [4.78, 5) is 14.5. The van der Waals surface area contributed by atoms with Gasteiger partial charge in [0.2, 0.25) is 5.91 Å². The molecule has 1 saturated heterocycles. The summed E-state index contributed by atoms with van der Waals surface area (Å²) in [6.07, 6.45) is 2.01. The summed E-state index contributed by atoms with van der Waals surface area (Å²) in [7, 11) is 1.59. The van der Waals surface area contributed by atoms with Gasteiger partial charge in [-0.1, -0.05) is 42.5 Å². The number of nitrogens with zero attached hydrogens (tertiary/aromatic N) is 2. The largest absolute Gasteiger partial charge is 0.495 e. The van der Waals surface area contributed by atoms with Gasteiger partial charge in [0.25, 0.3) is 0 Å². The second kappa shape index (κ2) is 8.70. The van der Waals surface area contributed by atoms with Gasteiger partial charge in [-0.05, 0) is 43.6 Å². The molecule has 1 amide bonds. The van der Waals surface area contributed by atoms with Crippen LogP contribution < -0.4 is 10.1 Å². The second-order valence-electron chi connectivity index (χ2n) is 6.90. The third kappa shape index (κ3) is 4.47. The van der Waals surface area contributed by atoms with Crippen LogP contribution in [0, 0.1) is 11.3 Å². The van der Waals surface area contributed by atoms with E-state index in [0.717, 1.165) is 31.5 Å². The van der Waals surface area contributed by atoms with E-state index in [9.17, 15) is 10.1 Å². The highest BCUT2D eigenvalue weighted by atomic mass is 16.5. The maximum Gasteiger partial charge on any atom is 0.225 e. The number of methoxy groups -OCH3 is 1. The zero-order valence-electron chi connectivity index (χ0n) is 15.6. The fourth-order valence-electron chi connectivity index (χ4n) is 3.60. The molecular weight excluding hydrogens is 338 g/mol. The number of anilines is 1. The van der Waals surface area contributed by atoms with E-state index in [4.69, 9.17) is 4.74 Å². The van der Waals surface area contributed by atoms with Crippen molar-refractivity contribution in [3.8, 4) is 11.8 Å². The SMILES string of the molecule is COc1ccccc1NC(=O)CCN1CCC(C#N)(c2ccccc2)CC1. The molecule has 0 aromatic heterocycles.